The number of rotatable bonds is 7. The molecule has 3 heterocycles. The molecule has 1 atom stereocenters. The van der Waals surface area contributed by atoms with Gasteiger partial charge in [0, 0.05) is 19.4 Å². The first-order valence-corrected chi connectivity index (χ1v) is 8.63. The fourth-order valence-electron chi connectivity index (χ4n) is 3.57. The van der Waals surface area contributed by atoms with Crippen LogP contribution in [-0.4, -0.2) is 73.2 Å². The van der Waals surface area contributed by atoms with Crippen molar-refractivity contribution in [2.24, 2.45) is 5.92 Å². The molecular formula is C18H27N3O3. The Morgan fingerprint density at radius 2 is 2.29 bits per heavy atom. The fourth-order valence-corrected chi connectivity index (χ4v) is 3.57. The number of amides is 1. The van der Waals surface area contributed by atoms with Gasteiger partial charge in [0.15, 0.2) is 0 Å². The van der Waals surface area contributed by atoms with Crippen molar-refractivity contribution in [2.75, 3.05) is 46.9 Å². The monoisotopic (exact) mass is 333 g/mol. The van der Waals surface area contributed by atoms with E-state index in [1.54, 1.807) is 6.20 Å². The average Bonchev–Trinajstić information content (AvgIpc) is 2.94. The standard InChI is InChI=1S/C18H27N3O3/c1-20(2)11-17(22)21-13-18(14-21)15(7-10-24-18)6-9-23-12-16-5-3-4-8-19-16/h3-5,8,15H,6-7,9-14H2,1-2H3/t15-/m0/s1. The molecule has 0 aromatic carbocycles. The molecule has 2 saturated heterocycles. The molecule has 3 rings (SSSR count). The van der Waals surface area contributed by atoms with E-state index in [1.165, 1.54) is 0 Å². The van der Waals surface area contributed by atoms with Crippen LogP contribution < -0.4 is 0 Å². The Bertz CT molecular complexity index is 544. The van der Waals surface area contributed by atoms with E-state index in [-0.39, 0.29) is 11.5 Å². The number of carbonyl (C=O) groups excluding carboxylic acids is 1. The maximum absolute atomic E-state index is 12.1. The molecule has 2 aliphatic rings. The van der Waals surface area contributed by atoms with Crippen molar-refractivity contribution < 1.29 is 14.3 Å². The number of likely N-dealkylation sites (tertiary alicyclic amines) is 1. The van der Waals surface area contributed by atoms with Crippen molar-refractivity contribution in [3.8, 4) is 0 Å². The lowest BCUT2D eigenvalue weighted by Crippen LogP contribution is -2.67. The Morgan fingerprint density at radius 3 is 3.00 bits per heavy atom. The summed E-state index contributed by atoms with van der Waals surface area (Å²) in [5.74, 6) is 0.663. The summed E-state index contributed by atoms with van der Waals surface area (Å²) in [6.45, 7) is 3.97. The van der Waals surface area contributed by atoms with Gasteiger partial charge >= 0.3 is 0 Å². The van der Waals surface area contributed by atoms with E-state index in [4.69, 9.17) is 9.47 Å². The second-order valence-electron chi connectivity index (χ2n) is 7.05. The SMILES string of the molecule is CN(C)CC(=O)N1CC2(C1)OCC[C@@H]2CCOCc1ccccn1. The van der Waals surface area contributed by atoms with Crippen LogP contribution >= 0.6 is 0 Å². The zero-order valence-electron chi connectivity index (χ0n) is 14.6. The first-order valence-electron chi connectivity index (χ1n) is 8.63. The van der Waals surface area contributed by atoms with Crippen LogP contribution in [0.5, 0.6) is 0 Å². The van der Waals surface area contributed by atoms with Gasteiger partial charge in [0.05, 0.1) is 31.9 Å². The van der Waals surface area contributed by atoms with Crippen LogP contribution in [0.25, 0.3) is 0 Å². The minimum absolute atomic E-state index is 0.129. The highest BCUT2D eigenvalue weighted by atomic mass is 16.5. The normalized spacial score (nSPS) is 22.1. The number of hydrogen-bond acceptors (Lipinski definition) is 5. The number of nitrogens with zero attached hydrogens (tertiary/aromatic N) is 3. The lowest BCUT2D eigenvalue weighted by Gasteiger charge is -2.50. The molecule has 6 heteroatoms. The molecule has 2 aliphatic heterocycles. The summed E-state index contributed by atoms with van der Waals surface area (Å²) in [5.41, 5.74) is 0.829. The highest BCUT2D eigenvalue weighted by Gasteiger charge is 2.53. The van der Waals surface area contributed by atoms with E-state index in [0.29, 0.717) is 25.7 Å². The summed E-state index contributed by atoms with van der Waals surface area (Å²) >= 11 is 0. The molecule has 0 radical (unpaired) electrons. The van der Waals surface area contributed by atoms with Gasteiger partial charge in [-0.15, -0.1) is 0 Å². The Balaban J connectivity index is 1.41. The van der Waals surface area contributed by atoms with Gasteiger partial charge in [-0.2, -0.15) is 0 Å². The molecule has 2 fully saturated rings. The third-order valence-corrected chi connectivity index (χ3v) is 4.91. The topological polar surface area (TPSA) is 54.9 Å². The van der Waals surface area contributed by atoms with E-state index >= 15 is 0 Å². The third-order valence-electron chi connectivity index (χ3n) is 4.91. The number of likely N-dealkylation sites (N-methyl/N-ethyl adjacent to an activating group) is 1. The Hall–Kier alpha value is -1.50. The molecule has 132 valence electrons. The van der Waals surface area contributed by atoms with Gasteiger partial charge in [0.2, 0.25) is 5.91 Å². The molecule has 24 heavy (non-hydrogen) atoms. The van der Waals surface area contributed by atoms with E-state index in [2.05, 4.69) is 4.98 Å². The Labute approximate surface area is 143 Å². The molecule has 1 spiro atoms. The molecule has 0 unspecified atom stereocenters. The average molecular weight is 333 g/mol. The summed E-state index contributed by atoms with van der Waals surface area (Å²) in [7, 11) is 3.84. The second kappa shape index (κ2) is 7.59. The predicted molar refractivity (Wildman–Crippen MR) is 90.4 cm³/mol. The van der Waals surface area contributed by atoms with Crippen LogP contribution in [0.4, 0.5) is 0 Å². The number of carbonyl (C=O) groups is 1. The quantitative estimate of drug-likeness (QED) is 0.701. The van der Waals surface area contributed by atoms with Crippen molar-refractivity contribution in [2.45, 2.75) is 25.0 Å². The van der Waals surface area contributed by atoms with Gasteiger partial charge < -0.3 is 19.3 Å². The van der Waals surface area contributed by atoms with Gasteiger partial charge in [-0.1, -0.05) is 6.07 Å². The maximum atomic E-state index is 12.1. The van der Waals surface area contributed by atoms with Crippen LogP contribution in [0.2, 0.25) is 0 Å². The lowest BCUT2D eigenvalue weighted by atomic mass is 9.79. The molecule has 0 aliphatic carbocycles. The fraction of sp³-hybridized carbons (Fsp3) is 0.667. The van der Waals surface area contributed by atoms with E-state index in [0.717, 1.165) is 38.2 Å². The Kier molecular flexibility index (Phi) is 5.48. The number of aromatic nitrogens is 1. The number of hydrogen-bond donors (Lipinski definition) is 0. The van der Waals surface area contributed by atoms with Crippen molar-refractivity contribution in [3.63, 3.8) is 0 Å². The van der Waals surface area contributed by atoms with Crippen LogP contribution in [0.15, 0.2) is 24.4 Å². The Morgan fingerprint density at radius 1 is 1.46 bits per heavy atom. The van der Waals surface area contributed by atoms with Crippen molar-refractivity contribution >= 4 is 5.91 Å². The first-order chi connectivity index (χ1) is 11.6. The molecule has 6 nitrogen and oxygen atoms in total. The zero-order chi connectivity index (χ0) is 17.0. The number of ether oxygens (including phenoxy) is 2. The minimum Gasteiger partial charge on any atom is -0.375 e. The summed E-state index contributed by atoms with van der Waals surface area (Å²) in [6.07, 6.45) is 3.82. The molecule has 0 bridgehead atoms. The second-order valence-corrected chi connectivity index (χ2v) is 7.05. The van der Waals surface area contributed by atoms with Crippen molar-refractivity contribution in [3.05, 3.63) is 30.1 Å². The molecule has 1 amide bonds. The largest absolute Gasteiger partial charge is 0.375 e. The van der Waals surface area contributed by atoms with Crippen LogP contribution in [0, 0.1) is 5.92 Å². The van der Waals surface area contributed by atoms with Gasteiger partial charge in [-0.3, -0.25) is 9.78 Å². The molecular weight excluding hydrogens is 306 g/mol. The van der Waals surface area contributed by atoms with Crippen molar-refractivity contribution in [1.29, 1.82) is 0 Å². The molecule has 0 saturated carbocycles. The van der Waals surface area contributed by atoms with Gasteiger partial charge in [-0.05, 0) is 45.0 Å². The molecule has 1 aromatic heterocycles. The molecule has 1 aromatic rings. The lowest BCUT2D eigenvalue weighted by molar-refractivity contribution is -0.166. The third kappa shape index (κ3) is 3.94. The van der Waals surface area contributed by atoms with E-state index in [1.807, 2.05) is 42.1 Å². The summed E-state index contributed by atoms with van der Waals surface area (Å²) in [6, 6.07) is 5.85. The maximum Gasteiger partial charge on any atom is 0.236 e. The number of pyridine rings is 1. The van der Waals surface area contributed by atoms with Gasteiger partial charge in [0.1, 0.15) is 5.60 Å². The first kappa shape index (κ1) is 17.3. The minimum atomic E-state index is -0.129. The molecule has 0 N–H and O–H groups in total. The summed E-state index contributed by atoms with van der Waals surface area (Å²) in [4.78, 5) is 20.2. The van der Waals surface area contributed by atoms with Crippen molar-refractivity contribution in [1.82, 2.24) is 14.8 Å². The van der Waals surface area contributed by atoms with Crippen LogP contribution in [0.1, 0.15) is 18.5 Å². The zero-order valence-corrected chi connectivity index (χ0v) is 14.6. The highest BCUT2D eigenvalue weighted by Crippen LogP contribution is 2.41. The summed E-state index contributed by atoms with van der Waals surface area (Å²) in [5, 5.41) is 0. The van der Waals surface area contributed by atoms with E-state index in [9.17, 15) is 4.79 Å². The summed E-state index contributed by atoms with van der Waals surface area (Å²) < 4.78 is 11.8. The smallest absolute Gasteiger partial charge is 0.236 e. The van der Waals surface area contributed by atoms with Gasteiger partial charge in [-0.25, -0.2) is 0 Å². The highest BCUT2D eigenvalue weighted by molar-refractivity contribution is 5.79. The van der Waals surface area contributed by atoms with Crippen LogP contribution in [-0.2, 0) is 20.9 Å². The van der Waals surface area contributed by atoms with E-state index < -0.39 is 0 Å². The van der Waals surface area contributed by atoms with Crippen LogP contribution in [0.3, 0.4) is 0 Å². The van der Waals surface area contributed by atoms with Gasteiger partial charge in [0.25, 0.3) is 0 Å². The predicted octanol–water partition coefficient (Wildman–Crippen LogP) is 1.17.